The van der Waals surface area contributed by atoms with Gasteiger partial charge in [0.15, 0.2) is 5.96 Å². The molecule has 0 unspecified atom stereocenters. The summed E-state index contributed by atoms with van der Waals surface area (Å²) in [5.74, 6) is 1.10. The Bertz CT molecular complexity index is 728. The quantitative estimate of drug-likeness (QED) is 0.280. The van der Waals surface area contributed by atoms with E-state index in [1.165, 1.54) is 0 Å². The van der Waals surface area contributed by atoms with Crippen LogP contribution in [0.5, 0.6) is 0 Å². The number of nitrogens with one attached hydrogen (secondary N) is 3. The number of ether oxygens (including phenoxy) is 1. The Balaban J connectivity index is 0.00000341. The number of anilines is 1. The van der Waals surface area contributed by atoms with Gasteiger partial charge in [0.25, 0.3) is 0 Å². The van der Waals surface area contributed by atoms with Gasteiger partial charge >= 0.3 is 0 Å². The van der Waals surface area contributed by atoms with Crippen LogP contribution in [0.4, 0.5) is 5.69 Å². The third-order valence-electron chi connectivity index (χ3n) is 6.16. The zero-order valence-corrected chi connectivity index (χ0v) is 21.4. The van der Waals surface area contributed by atoms with Crippen molar-refractivity contribution in [3.63, 3.8) is 0 Å². The van der Waals surface area contributed by atoms with Crippen LogP contribution in [0.2, 0.25) is 0 Å². The molecule has 1 amide bonds. The summed E-state index contributed by atoms with van der Waals surface area (Å²) in [6, 6.07) is 8.03. The lowest BCUT2D eigenvalue weighted by atomic mass is 10.0. The van der Waals surface area contributed by atoms with Gasteiger partial charge < -0.3 is 20.7 Å². The molecule has 1 aromatic rings. The fraction of sp³-hybridized carbons (Fsp3) is 0.652. The summed E-state index contributed by atoms with van der Waals surface area (Å²) < 4.78 is 5.47. The third kappa shape index (κ3) is 7.91. The molecule has 1 saturated carbocycles. The molecule has 0 aromatic heterocycles. The van der Waals surface area contributed by atoms with E-state index in [0.29, 0.717) is 6.54 Å². The topological polar surface area (TPSA) is 78.0 Å². The van der Waals surface area contributed by atoms with Gasteiger partial charge in [-0.25, -0.2) is 0 Å². The molecule has 3 N–H and O–H groups in total. The van der Waals surface area contributed by atoms with E-state index < -0.39 is 0 Å². The van der Waals surface area contributed by atoms with Gasteiger partial charge in [-0.3, -0.25) is 14.7 Å². The molecule has 0 atom stereocenters. The molecule has 31 heavy (non-hydrogen) atoms. The maximum absolute atomic E-state index is 12.4. The molecule has 1 aromatic carbocycles. The van der Waals surface area contributed by atoms with Gasteiger partial charge in [-0.2, -0.15) is 0 Å². The molecule has 0 bridgehead atoms. The number of guanidine groups is 1. The molecule has 174 valence electrons. The van der Waals surface area contributed by atoms with Crippen LogP contribution >= 0.6 is 24.0 Å². The summed E-state index contributed by atoms with van der Waals surface area (Å²) in [7, 11) is 1.79. The highest BCUT2D eigenvalue weighted by molar-refractivity contribution is 14.0. The molecule has 7 nitrogen and oxygen atoms in total. The fourth-order valence-electron chi connectivity index (χ4n) is 4.18. The second kappa shape index (κ2) is 12.6. The first-order valence-electron chi connectivity index (χ1n) is 11.1. The number of carbonyl (C=O) groups excluding carboxylic acids is 1. The highest BCUT2D eigenvalue weighted by Crippen LogP contribution is 2.26. The van der Waals surface area contributed by atoms with Crippen LogP contribution in [0.3, 0.4) is 0 Å². The Labute approximate surface area is 203 Å². The predicted octanol–water partition coefficient (Wildman–Crippen LogP) is 3.21. The fourth-order valence-corrected chi connectivity index (χ4v) is 4.18. The van der Waals surface area contributed by atoms with E-state index in [0.717, 1.165) is 75.7 Å². The zero-order chi connectivity index (χ0) is 21.4. The van der Waals surface area contributed by atoms with E-state index in [1.54, 1.807) is 7.05 Å². The zero-order valence-electron chi connectivity index (χ0n) is 19.1. The lowest BCUT2D eigenvalue weighted by Crippen LogP contribution is -2.56. The Morgan fingerprint density at radius 3 is 2.58 bits per heavy atom. The van der Waals surface area contributed by atoms with E-state index >= 15 is 0 Å². The van der Waals surface area contributed by atoms with E-state index in [1.807, 2.05) is 18.2 Å². The van der Waals surface area contributed by atoms with Crippen molar-refractivity contribution in [2.45, 2.75) is 51.6 Å². The first-order chi connectivity index (χ1) is 14.5. The SMILES string of the molecule is CN=C(NCc1cccc(NC(=O)C2CCCC2)c1)NCC(C)(C)N1CCOCC1.I. The maximum Gasteiger partial charge on any atom is 0.227 e. The van der Waals surface area contributed by atoms with Crippen molar-refractivity contribution in [1.29, 1.82) is 0 Å². The molecule has 1 aliphatic carbocycles. The van der Waals surface area contributed by atoms with Crippen LogP contribution in [-0.4, -0.2) is 62.2 Å². The average molecular weight is 543 g/mol. The van der Waals surface area contributed by atoms with E-state index in [4.69, 9.17) is 4.74 Å². The Kier molecular flexibility index (Phi) is 10.5. The Morgan fingerprint density at radius 1 is 1.19 bits per heavy atom. The first-order valence-corrected chi connectivity index (χ1v) is 11.1. The van der Waals surface area contributed by atoms with Crippen molar-refractivity contribution in [3.8, 4) is 0 Å². The number of morpholine rings is 1. The van der Waals surface area contributed by atoms with E-state index in [-0.39, 0.29) is 41.3 Å². The molecule has 0 spiro atoms. The number of aliphatic imine (C=N–C) groups is 1. The van der Waals surface area contributed by atoms with Crippen LogP contribution in [0.1, 0.15) is 45.1 Å². The monoisotopic (exact) mass is 543 g/mol. The van der Waals surface area contributed by atoms with Crippen molar-refractivity contribution in [1.82, 2.24) is 15.5 Å². The second-order valence-corrected chi connectivity index (χ2v) is 8.86. The molecule has 2 aliphatic rings. The lowest BCUT2D eigenvalue weighted by Gasteiger charge is -2.41. The van der Waals surface area contributed by atoms with Crippen molar-refractivity contribution >= 4 is 41.5 Å². The summed E-state index contributed by atoms with van der Waals surface area (Å²) in [4.78, 5) is 19.2. The molecular weight excluding hydrogens is 505 g/mol. The Hall–Kier alpha value is -1.39. The van der Waals surface area contributed by atoms with Crippen LogP contribution in [0.25, 0.3) is 0 Å². The van der Waals surface area contributed by atoms with Crippen LogP contribution in [0.15, 0.2) is 29.3 Å². The minimum Gasteiger partial charge on any atom is -0.379 e. The largest absolute Gasteiger partial charge is 0.379 e. The van der Waals surface area contributed by atoms with Gasteiger partial charge in [-0.1, -0.05) is 25.0 Å². The summed E-state index contributed by atoms with van der Waals surface area (Å²) in [5, 5.41) is 9.91. The first kappa shape index (κ1) is 25.9. The normalized spacial score (nSPS) is 18.4. The Morgan fingerprint density at radius 2 is 1.90 bits per heavy atom. The summed E-state index contributed by atoms with van der Waals surface area (Å²) >= 11 is 0. The van der Waals surface area contributed by atoms with Gasteiger partial charge in [0.2, 0.25) is 5.91 Å². The molecule has 1 saturated heterocycles. The number of amides is 1. The molecule has 1 heterocycles. The number of nitrogens with zero attached hydrogens (tertiary/aromatic N) is 2. The van der Waals surface area contributed by atoms with Gasteiger partial charge in [0.1, 0.15) is 0 Å². The predicted molar refractivity (Wildman–Crippen MR) is 137 cm³/mol. The van der Waals surface area contributed by atoms with Crippen LogP contribution < -0.4 is 16.0 Å². The average Bonchev–Trinajstić information content (AvgIpc) is 3.30. The lowest BCUT2D eigenvalue weighted by molar-refractivity contribution is -0.119. The molecule has 2 fully saturated rings. The molecular formula is C23H38IN5O2. The van der Waals surface area contributed by atoms with E-state index in [2.05, 4.69) is 45.8 Å². The van der Waals surface area contributed by atoms with Crippen LogP contribution in [0, 0.1) is 5.92 Å². The van der Waals surface area contributed by atoms with Crippen molar-refractivity contribution in [2.75, 3.05) is 45.2 Å². The van der Waals surface area contributed by atoms with Crippen molar-refractivity contribution in [3.05, 3.63) is 29.8 Å². The number of carbonyl (C=O) groups is 1. The number of halogens is 1. The minimum absolute atomic E-state index is 0. The highest BCUT2D eigenvalue weighted by Gasteiger charge is 2.28. The minimum atomic E-state index is 0. The summed E-state index contributed by atoms with van der Waals surface area (Å²) in [6.07, 6.45) is 4.35. The highest BCUT2D eigenvalue weighted by atomic mass is 127. The molecule has 3 rings (SSSR count). The van der Waals surface area contributed by atoms with Crippen molar-refractivity contribution in [2.24, 2.45) is 10.9 Å². The van der Waals surface area contributed by atoms with Gasteiger partial charge in [-0.15, -0.1) is 24.0 Å². The third-order valence-corrected chi connectivity index (χ3v) is 6.16. The smallest absolute Gasteiger partial charge is 0.227 e. The van der Waals surface area contributed by atoms with Gasteiger partial charge in [0.05, 0.1) is 13.2 Å². The second-order valence-electron chi connectivity index (χ2n) is 8.86. The van der Waals surface area contributed by atoms with Gasteiger partial charge in [-0.05, 0) is 44.4 Å². The summed E-state index contributed by atoms with van der Waals surface area (Å²) in [6.45, 7) is 9.44. The summed E-state index contributed by atoms with van der Waals surface area (Å²) in [5.41, 5.74) is 1.99. The number of hydrogen-bond donors (Lipinski definition) is 3. The molecule has 0 radical (unpaired) electrons. The van der Waals surface area contributed by atoms with Crippen LogP contribution in [-0.2, 0) is 16.1 Å². The van der Waals surface area contributed by atoms with Gasteiger partial charge in [0, 0.05) is 50.4 Å². The number of hydrogen-bond acceptors (Lipinski definition) is 4. The maximum atomic E-state index is 12.4. The van der Waals surface area contributed by atoms with E-state index in [9.17, 15) is 4.79 Å². The molecule has 1 aliphatic heterocycles. The standard InChI is InChI=1S/C23H37N5O2.HI/c1-23(2,28-11-13-30-14-12-28)17-26-22(24-3)25-16-18-7-6-10-20(15-18)27-21(29)19-8-4-5-9-19;/h6-7,10,15,19H,4-5,8-9,11-14,16-17H2,1-3H3,(H,27,29)(H2,24,25,26);1H. The number of rotatable bonds is 7. The van der Waals surface area contributed by atoms with Crippen molar-refractivity contribution < 1.29 is 9.53 Å². The number of benzene rings is 1. The molecule has 8 heteroatoms.